The molecular weight excluding hydrogens is 841 g/mol. The lowest BCUT2D eigenvalue weighted by molar-refractivity contribution is 0.669. The van der Waals surface area contributed by atoms with Crippen LogP contribution in [0.2, 0.25) is 0 Å². The van der Waals surface area contributed by atoms with Gasteiger partial charge in [0.25, 0.3) is 0 Å². The van der Waals surface area contributed by atoms with Crippen LogP contribution in [0.15, 0.2) is 271 Å². The van der Waals surface area contributed by atoms with Crippen LogP contribution in [0.1, 0.15) is 0 Å². The van der Waals surface area contributed by atoms with Crippen molar-refractivity contribution in [1.82, 2.24) is 4.57 Å². The molecule has 0 spiro atoms. The first-order valence-electron chi connectivity index (χ1n) is 23.3. The number of aromatic nitrogens is 1. The quantitative estimate of drug-likeness (QED) is 0.106. The molecule has 13 rings (SSSR count). The largest absolute Gasteiger partial charge is 0.456 e. The fraction of sp³-hybridized carbons (Fsp3) is 0. The molecule has 13 aromatic rings. The van der Waals surface area contributed by atoms with E-state index in [0.29, 0.717) is 0 Å². The Hall–Kier alpha value is -8.70. The normalized spacial score (nSPS) is 11.8. The number of anilines is 3. The molecule has 0 radical (unpaired) electrons. The van der Waals surface area contributed by atoms with Crippen LogP contribution in [0.4, 0.5) is 17.1 Å². The standard InChI is InChI=1S/C64H44N2OSi/c1-5-19-48(20-6-1)66-58-29-16-15-28-56(58)64-59(30-17-31-60(64)66)65(50-39-42-57-62(44-50)67-61-43-36-47-18-13-14-27-55(47)63(57)61)49-37-32-45(33-38-49)46-34-40-54(41-35-46)68(51-21-7-2-8-22-51,52-23-9-3-10-24-52)53-25-11-4-12-26-53/h1-44H. The first-order valence-corrected chi connectivity index (χ1v) is 25.3. The van der Waals surface area contributed by atoms with Gasteiger partial charge in [0.1, 0.15) is 11.2 Å². The van der Waals surface area contributed by atoms with Gasteiger partial charge in [-0.1, -0.05) is 200 Å². The summed E-state index contributed by atoms with van der Waals surface area (Å²) in [7, 11) is -2.65. The monoisotopic (exact) mass is 884 g/mol. The highest BCUT2D eigenvalue weighted by Crippen LogP contribution is 2.45. The van der Waals surface area contributed by atoms with Gasteiger partial charge in [0.05, 0.1) is 16.7 Å². The summed E-state index contributed by atoms with van der Waals surface area (Å²) in [5.74, 6) is 0. The molecular formula is C64H44N2OSi. The molecule has 0 amide bonds. The van der Waals surface area contributed by atoms with Gasteiger partial charge in [-0.3, -0.25) is 0 Å². The van der Waals surface area contributed by atoms with Crippen molar-refractivity contribution in [3.63, 3.8) is 0 Å². The Labute approximate surface area is 396 Å². The zero-order valence-corrected chi connectivity index (χ0v) is 38.2. The van der Waals surface area contributed by atoms with Crippen LogP contribution in [-0.4, -0.2) is 12.6 Å². The highest BCUT2D eigenvalue weighted by Gasteiger charge is 2.41. The number of furan rings is 1. The summed E-state index contributed by atoms with van der Waals surface area (Å²) in [6, 6.07) is 97.5. The van der Waals surface area contributed by atoms with Gasteiger partial charge in [-0.05, 0) is 103 Å². The maximum absolute atomic E-state index is 6.71. The number of benzene rings is 11. The third-order valence-corrected chi connectivity index (χ3v) is 18.7. The molecule has 0 atom stereocenters. The molecule has 320 valence electrons. The van der Waals surface area contributed by atoms with Crippen LogP contribution in [0.3, 0.4) is 0 Å². The van der Waals surface area contributed by atoms with Crippen LogP contribution in [0.5, 0.6) is 0 Å². The zero-order valence-electron chi connectivity index (χ0n) is 37.2. The Balaban J connectivity index is 0.966. The Kier molecular flexibility index (Phi) is 9.51. The Bertz CT molecular complexity index is 3840. The topological polar surface area (TPSA) is 21.3 Å². The lowest BCUT2D eigenvalue weighted by atomic mass is 10.0. The summed E-state index contributed by atoms with van der Waals surface area (Å²) in [4.78, 5) is 2.40. The molecule has 0 saturated heterocycles. The summed E-state index contributed by atoms with van der Waals surface area (Å²) in [5.41, 5.74) is 10.7. The van der Waals surface area contributed by atoms with Crippen molar-refractivity contribution >= 4 is 100 Å². The average Bonchev–Trinajstić information content (AvgIpc) is 3.97. The Morgan fingerprint density at radius 2 is 0.868 bits per heavy atom. The third kappa shape index (κ3) is 6.34. The van der Waals surface area contributed by atoms with Crippen molar-refractivity contribution in [1.29, 1.82) is 0 Å². The van der Waals surface area contributed by atoms with Gasteiger partial charge in [-0.25, -0.2) is 0 Å². The van der Waals surface area contributed by atoms with Gasteiger partial charge in [0, 0.05) is 44.7 Å². The van der Waals surface area contributed by atoms with E-state index in [0.717, 1.165) is 55.8 Å². The predicted molar refractivity (Wildman–Crippen MR) is 289 cm³/mol. The summed E-state index contributed by atoms with van der Waals surface area (Å²) < 4.78 is 9.10. The van der Waals surface area contributed by atoms with E-state index in [1.54, 1.807) is 0 Å². The fourth-order valence-electron chi connectivity index (χ4n) is 10.9. The maximum Gasteiger partial charge on any atom is 0.179 e. The van der Waals surface area contributed by atoms with Gasteiger partial charge < -0.3 is 13.9 Å². The Morgan fingerprint density at radius 3 is 1.53 bits per heavy atom. The van der Waals surface area contributed by atoms with Gasteiger partial charge in [0.15, 0.2) is 8.07 Å². The SMILES string of the molecule is c1ccc(-n2c3ccccc3c3c(N(c4ccc(-c5ccc([Si](c6ccccc6)(c6ccccc6)c6ccccc6)cc5)cc4)c4ccc5c(c4)oc4ccc6ccccc6c45)cccc32)cc1. The van der Waals surface area contributed by atoms with Gasteiger partial charge in [-0.15, -0.1) is 0 Å². The van der Waals surface area contributed by atoms with Crippen molar-refractivity contribution < 1.29 is 4.42 Å². The lowest BCUT2D eigenvalue weighted by Gasteiger charge is -2.34. The number of fused-ring (bicyclic) bond motifs is 8. The van der Waals surface area contributed by atoms with Crippen LogP contribution >= 0.6 is 0 Å². The average molecular weight is 885 g/mol. The third-order valence-electron chi connectivity index (χ3n) is 13.9. The molecule has 3 nitrogen and oxygen atoms in total. The van der Waals surface area contributed by atoms with Crippen LogP contribution in [-0.2, 0) is 0 Å². The van der Waals surface area contributed by atoms with Crippen LogP contribution < -0.4 is 25.6 Å². The number of hydrogen-bond donors (Lipinski definition) is 0. The highest BCUT2D eigenvalue weighted by atomic mass is 28.3. The minimum Gasteiger partial charge on any atom is -0.456 e. The lowest BCUT2D eigenvalue weighted by Crippen LogP contribution is -2.74. The molecule has 4 heteroatoms. The van der Waals surface area contributed by atoms with Crippen molar-refractivity contribution in [3.05, 3.63) is 267 Å². The van der Waals surface area contributed by atoms with E-state index in [-0.39, 0.29) is 0 Å². The van der Waals surface area contributed by atoms with E-state index in [2.05, 4.69) is 276 Å². The van der Waals surface area contributed by atoms with Crippen LogP contribution in [0, 0.1) is 0 Å². The van der Waals surface area contributed by atoms with E-state index >= 15 is 0 Å². The molecule has 0 bridgehead atoms. The van der Waals surface area contributed by atoms with Gasteiger partial charge in [-0.2, -0.15) is 0 Å². The first kappa shape index (κ1) is 39.6. The van der Waals surface area contributed by atoms with Crippen LogP contribution in [0.25, 0.3) is 71.3 Å². The second-order valence-electron chi connectivity index (χ2n) is 17.6. The molecule has 0 aliphatic heterocycles. The maximum atomic E-state index is 6.71. The number of nitrogens with zero attached hydrogens (tertiary/aromatic N) is 2. The van der Waals surface area contributed by atoms with E-state index in [1.165, 1.54) is 53.4 Å². The molecule has 2 heterocycles. The highest BCUT2D eigenvalue weighted by molar-refractivity contribution is 7.19. The first-order chi connectivity index (χ1) is 33.7. The molecule has 2 aromatic heterocycles. The number of rotatable bonds is 9. The van der Waals surface area contributed by atoms with Crippen molar-refractivity contribution in [2.24, 2.45) is 0 Å². The smallest absolute Gasteiger partial charge is 0.179 e. The molecule has 11 aromatic carbocycles. The number of hydrogen-bond acceptors (Lipinski definition) is 2. The van der Waals surface area contributed by atoms with E-state index < -0.39 is 8.07 Å². The second kappa shape index (κ2) is 16.3. The van der Waals surface area contributed by atoms with Crippen molar-refractivity contribution in [2.45, 2.75) is 0 Å². The van der Waals surface area contributed by atoms with E-state index in [4.69, 9.17) is 4.42 Å². The van der Waals surface area contributed by atoms with Gasteiger partial charge >= 0.3 is 0 Å². The predicted octanol–water partition coefficient (Wildman–Crippen LogP) is 14.4. The van der Waals surface area contributed by atoms with Crippen molar-refractivity contribution in [3.8, 4) is 16.8 Å². The zero-order chi connectivity index (χ0) is 45.0. The summed E-state index contributed by atoms with van der Waals surface area (Å²) >= 11 is 0. The van der Waals surface area contributed by atoms with E-state index in [9.17, 15) is 0 Å². The molecule has 0 aliphatic carbocycles. The molecule has 0 N–H and O–H groups in total. The summed E-state index contributed by atoms with van der Waals surface area (Å²) in [6.45, 7) is 0. The number of para-hydroxylation sites is 2. The molecule has 0 unspecified atom stereocenters. The minimum atomic E-state index is -2.65. The van der Waals surface area contributed by atoms with Crippen molar-refractivity contribution in [2.75, 3.05) is 4.90 Å². The van der Waals surface area contributed by atoms with E-state index in [1.807, 2.05) is 0 Å². The minimum absolute atomic E-state index is 0.857. The molecule has 0 fully saturated rings. The summed E-state index contributed by atoms with van der Waals surface area (Å²) in [5, 5.41) is 12.5. The fourth-order valence-corrected chi connectivity index (χ4v) is 15.7. The second-order valence-corrected chi connectivity index (χ2v) is 21.4. The Morgan fingerprint density at radius 1 is 0.338 bits per heavy atom. The molecule has 68 heavy (non-hydrogen) atoms. The van der Waals surface area contributed by atoms with Gasteiger partial charge in [0.2, 0.25) is 0 Å². The molecule has 0 saturated carbocycles. The summed E-state index contributed by atoms with van der Waals surface area (Å²) in [6.07, 6.45) is 0. The molecule has 0 aliphatic rings.